The largest absolute Gasteiger partial charge is 0.448 e. The van der Waals surface area contributed by atoms with E-state index in [0.29, 0.717) is 17.8 Å². The number of rotatable bonds is 5. The lowest BCUT2D eigenvalue weighted by Crippen LogP contribution is -2.50. The maximum Gasteiger partial charge on any atom is 0.394 e. The fourth-order valence-corrected chi connectivity index (χ4v) is 5.25. The topological polar surface area (TPSA) is 68.5 Å². The number of amides is 1. The molecule has 1 amide bonds. The average Bonchev–Trinajstić information content (AvgIpc) is 3.41. The molecule has 0 radical (unpaired) electrons. The Hall–Kier alpha value is -3.26. The van der Waals surface area contributed by atoms with Gasteiger partial charge in [0.2, 0.25) is 0 Å². The fourth-order valence-electron chi connectivity index (χ4n) is 4.33. The van der Waals surface area contributed by atoms with Gasteiger partial charge in [0.05, 0.1) is 15.9 Å². The second-order valence-corrected chi connectivity index (χ2v) is 9.56. The van der Waals surface area contributed by atoms with E-state index >= 15 is 0 Å². The van der Waals surface area contributed by atoms with Crippen molar-refractivity contribution in [2.24, 2.45) is 5.92 Å². The molecule has 0 N–H and O–H groups in total. The molecule has 1 aliphatic heterocycles. The van der Waals surface area contributed by atoms with Gasteiger partial charge >= 0.3 is 6.08 Å². The highest BCUT2D eigenvalue weighted by atomic mass is 32.1. The number of aryl methyl sites for hydroxylation is 1. The normalized spacial score (nSPS) is 18.6. The third-order valence-electron chi connectivity index (χ3n) is 6.07. The van der Waals surface area contributed by atoms with E-state index in [1.165, 1.54) is 23.5 Å². The van der Waals surface area contributed by atoms with E-state index in [4.69, 9.17) is 9.15 Å². The molecule has 1 fully saturated rings. The number of aromatic nitrogens is 2. The van der Waals surface area contributed by atoms with Crippen LogP contribution < -0.4 is 4.74 Å². The molecule has 0 saturated carbocycles. The molecule has 2 aromatic carbocycles. The summed E-state index contributed by atoms with van der Waals surface area (Å²) in [6.45, 7) is 4.92. The second kappa shape index (κ2) is 8.94. The quantitative estimate of drug-likeness (QED) is 0.377. The van der Waals surface area contributed by atoms with Crippen molar-refractivity contribution in [1.29, 1.82) is 0 Å². The van der Waals surface area contributed by atoms with Gasteiger partial charge in [0, 0.05) is 6.54 Å². The number of hydrogen-bond acceptors (Lipinski definition) is 6. The van der Waals surface area contributed by atoms with E-state index < -0.39 is 0 Å². The van der Waals surface area contributed by atoms with Crippen LogP contribution in [0.4, 0.5) is 4.39 Å². The van der Waals surface area contributed by atoms with E-state index in [1.807, 2.05) is 36.1 Å². The molecule has 0 unspecified atom stereocenters. The Labute approximate surface area is 195 Å². The Balaban J connectivity index is 1.39. The molecule has 3 heterocycles. The number of carbonyl (C=O) groups excluding carboxylic acids is 1. The van der Waals surface area contributed by atoms with Gasteiger partial charge in [-0.15, -0.1) is 11.3 Å². The summed E-state index contributed by atoms with van der Waals surface area (Å²) in [7, 11) is 0. The Morgan fingerprint density at radius 3 is 2.79 bits per heavy atom. The van der Waals surface area contributed by atoms with Gasteiger partial charge in [-0.1, -0.05) is 31.2 Å². The number of nitrogens with zero attached hydrogens (tertiary/aromatic N) is 3. The highest BCUT2D eigenvalue weighted by Gasteiger charge is 2.35. The van der Waals surface area contributed by atoms with Crippen LogP contribution in [0.25, 0.3) is 21.5 Å². The SMILES string of the molecule is Cc1nc(C(=O)N2CCC[C@H](C)[C@@H]2COc2nc3ccccc3o2)c(-c2ccc(F)cc2)s1. The first kappa shape index (κ1) is 21.6. The van der Waals surface area contributed by atoms with E-state index in [9.17, 15) is 9.18 Å². The predicted octanol–water partition coefficient (Wildman–Crippen LogP) is 5.72. The zero-order valence-corrected chi connectivity index (χ0v) is 19.3. The van der Waals surface area contributed by atoms with Crippen molar-refractivity contribution in [3.63, 3.8) is 0 Å². The highest BCUT2D eigenvalue weighted by molar-refractivity contribution is 7.15. The molecule has 2 atom stereocenters. The fraction of sp³-hybridized carbons (Fsp3) is 0.320. The summed E-state index contributed by atoms with van der Waals surface area (Å²) >= 11 is 1.44. The van der Waals surface area contributed by atoms with Crippen LogP contribution in [-0.4, -0.2) is 40.0 Å². The number of thiazole rings is 1. The van der Waals surface area contributed by atoms with Gasteiger partial charge in [-0.25, -0.2) is 9.37 Å². The Bertz CT molecular complexity index is 1250. The lowest BCUT2D eigenvalue weighted by molar-refractivity contribution is 0.0351. The van der Waals surface area contributed by atoms with Gasteiger partial charge in [-0.2, -0.15) is 4.98 Å². The Morgan fingerprint density at radius 1 is 1.21 bits per heavy atom. The standard InChI is InChI=1S/C25H24FN3O3S/c1-15-6-5-13-29(20(15)14-31-25-28-19-7-3-4-8-21(19)32-25)24(30)22-23(33-16(2)27-22)17-9-11-18(26)12-10-17/h3-4,7-12,15,20H,5-6,13-14H2,1-2H3/t15-,20-/m0/s1. The summed E-state index contributed by atoms with van der Waals surface area (Å²) in [5.41, 5.74) is 2.60. The van der Waals surface area contributed by atoms with Crippen LogP contribution in [-0.2, 0) is 0 Å². The van der Waals surface area contributed by atoms with Crippen LogP contribution in [0.2, 0.25) is 0 Å². The minimum absolute atomic E-state index is 0.128. The molecule has 4 aromatic rings. The van der Waals surface area contributed by atoms with Gasteiger partial charge in [-0.05, 0) is 55.5 Å². The maximum atomic E-state index is 13.7. The van der Waals surface area contributed by atoms with Crippen LogP contribution in [0.1, 0.15) is 35.3 Å². The van der Waals surface area contributed by atoms with E-state index in [-0.39, 0.29) is 36.4 Å². The minimum atomic E-state index is -0.311. The minimum Gasteiger partial charge on any atom is -0.448 e. The molecular weight excluding hydrogens is 441 g/mol. The third-order valence-corrected chi connectivity index (χ3v) is 7.09. The molecule has 1 aliphatic rings. The van der Waals surface area contributed by atoms with Crippen molar-refractivity contribution in [3.8, 4) is 16.5 Å². The van der Waals surface area contributed by atoms with E-state index in [1.54, 1.807) is 12.1 Å². The van der Waals surface area contributed by atoms with Gasteiger partial charge in [0.25, 0.3) is 5.91 Å². The number of oxazole rings is 1. The second-order valence-electron chi connectivity index (χ2n) is 8.36. The number of hydrogen-bond donors (Lipinski definition) is 0. The number of benzene rings is 2. The summed E-state index contributed by atoms with van der Waals surface area (Å²) in [5, 5.41) is 0.794. The summed E-state index contributed by atoms with van der Waals surface area (Å²) in [4.78, 5) is 25.2. The zero-order chi connectivity index (χ0) is 22.9. The van der Waals surface area contributed by atoms with Crippen molar-refractivity contribution < 1.29 is 18.3 Å². The van der Waals surface area contributed by atoms with E-state index in [2.05, 4.69) is 16.9 Å². The molecule has 33 heavy (non-hydrogen) atoms. The van der Waals surface area contributed by atoms with Crippen molar-refractivity contribution in [1.82, 2.24) is 14.9 Å². The van der Waals surface area contributed by atoms with Crippen molar-refractivity contribution in [2.45, 2.75) is 32.7 Å². The van der Waals surface area contributed by atoms with Gasteiger partial charge in [0.15, 0.2) is 5.58 Å². The number of ether oxygens (including phenoxy) is 1. The molecule has 170 valence electrons. The third kappa shape index (κ3) is 4.35. The molecule has 0 aliphatic carbocycles. The molecule has 5 rings (SSSR count). The van der Waals surface area contributed by atoms with Gasteiger partial charge < -0.3 is 14.1 Å². The van der Waals surface area contributed by atoms with E-state index in [0.717, 1.165) is 33.8 Å². The first-order valence-electron chi connectivity index (χ1n) is 11.0. The summed E-state index contributed by atoms with van der Waals surface area (Å²) in [6.07, 6.45) is 2.13. The van der Waals surface area contributed by atoms with Crippen LogP contribution in [0.15, 0.2) is 52.9 Å². The Morgan fingerprint density at radius 2 is 2.00 bits per heavy atom. The van der Waals surface area contributed by atoms with Crippen LogP contribution in [0.5, 0.6) is 6.08 Å². The van der Waals surface area contributed by atoms with Crippen molar-refractivity contribution in [3.05, 3.63) is 65.0 Å². The van der Waals surface area contributed by atoms with Gasteiger partial charge in [0.1, 0.15) is 23.6 Å². The highest BCUT2D eigenvalue weighted by Crippen LogP contribution is 2.33. The first-order valence-corrected chi connectivity index (χ1v) is 11.8. The van der Waals surface area contributed by atoms with Crippen LogP contribution in [0.3, 0.4) is 0 Å². The summed E-state index contributed by atoms with van der Waals surface area (Å²) < 4.78 is 25.0. The van der Waals surface area contributed by atoms with Crippen molar-refractivity contribution in [2.75, 3.05) is 13.2 Å². The molecule has 1 saturated heterocycles. The molecule has 6 nitrogen and oxygen atoms in total. The lowest BCUT2D eigenvalue weighted by atomic mass is 9.91. The number of likely N-dealkylation sites (tertiary alicyclic amines) is 1. The van der Waals surface area contributed by atoms with Gasteiger partial charge in [-0.3, -0.25) is 4.79 Å². The number of halogens is 1. The molecule has 0 spiro atoms. The number of carbonyl (C=O) groups is 1. The lowest BCUT2D eigenvalue weighted by Gasteiger charge is -2.39. The van der Waals surface area contributed by atoms with Crippen molar-refractivity contribution >= 4 is 28.3 Å². The summed E-state index contributed by atoms with van der Waals surface area (Å²) in [5.74, 6) is -0.188. The molecule has 0 bridgehead atoms. The van der Waals surface area contributed by atoms with Crippen LogP contribution in [0, 0.1) is 18.7 Å². The smallest absolute Gasteiger partial charge is 0.394 e. The monoisotopic (exact) mass is 465 g/mol. The summed E-state index contributed by atoms with van der Waals surface area (Å²) in [6, 6.07) is 13.5. The predicted molar refractivity (Wildman–Crippen MR) is 125 cm³/mol. The zero-order valence-electron chi connectivity index (χ0n) is 18.5. The number of fused-ring (bicyclic) bond motifs is 1. The maximum absolute atomic E-state index is 13.7. The number of piperidine rings is 1. The molecular formula is C25H24FN3O3S. The molecule has 2 aromatic heterocycles. The average molecular weight is 466 g/mol. The first-order chi connectivity index (χ1) is 16.0. The number of para-hydroxylation sites is 2. The Kier molecular flexibility index (Phi) is 5.85. The molecule has 8 heteroatoms. The van der Waals surface area contributed by atoms with Crippen LogP contribution >= 0.6 is 11.3 Å².